The smallest absolute Gasteiger partial charge is 0.253 e. The third-order valence-electron chi connectivity index (χ3n) is 3.36. The Hall–Kier alpha value is -1.49. The SMILES string of the molecule is CN(C)C(=O)c1ccc(C2(C)CCSC(N)=N2)cc1. The quantitative estimate of drug-likeness (QED) is 0.900. The van der Waals surface area contributed by atoms with Crippen LogP contribution < -0.4 is 5.73 Å². The van der Waals surface area contributed by atoms with Crippen LogP contribution in [0, 0.1) is 0 Å². The molecule has 102 valence electrons. The molecule has 1 atom stereocenters. The molecule has 0 radical (unpaired) electrons. The van der Waals surface area contributed by atoms with Crippen LogP contribution in [-0.4, -0.2) is 35.8 Å². The standard InChI is InChI=1S/C14H19N3OS/c1-14(8-9-19-13(15)16-14)11-6-4-10(5-7-11)12(18)17(2)3/h4-7H,8-9H2,1-3H3,(H2,15,16). The second-order valence-corrected chi connectivity index (χ2v) is 6.21. The highest BCUT2D eigenvalue weighted by molar-refractivity contribution is 8.13. The van der Waals surface area contributed by atoms with Gasteiger partial charge in [0.1, 0.15) is 0 Å². The molecule has 2 rings (SSSR count). The first-order chi connectivity index (χ1) is 8.92. The Morgan fingerprint density at radius 3 is 2.53 bits per heavy atom. The lowest BCUT2D eigenvalue weighted by atomic mass is 9.89. The highest BCUT2D eigenvalue weighted by Gasteiger charge is 2.29. The summed E-state index contributed by atoms with van der Waals surface area (Å²) >= 11 is 1.59. The van der Waals surface area contributed by atoms with Gasteiger partial charge in [0.25, 0.3) is 5.91 Å². The Morgan fingerprint density at radius 2 is 2.00 bits per heavy atom. The van der Waals surface area contributed by atoms with Crippen molar-refractivity contribution in [3.05, 3.63) is 35.4 Å². The van der Waals surface area contributed by atoms with Gasteiger partial charge in [-0.1, -0.05) is 23.9 Å². The molecule has 1 aliphatic rings. The fraction of sp³-hybridized carbons (Fsp3) is 0.429. The molecule has 0 spiro atoms. The van der Waals surface area contributed by atoms with Gasteiger partial charge in [-0.25, -0.2) is 0 Å². The van der Waals surface area contributed by atoms with Gasteiger partial charge in [-0.05, 0) is 31.0 Å². The maximum Gasteiger partial charge on any atom is 0.253 e. The Bertz CT molecular complexity index is 510. The number of aliphatic imine (C=N–C) groups is 1. The zero-order valence-corrected chi connectivity index (χ0v) is 12.3. The first-order valence-electron chi connectivity index (χ1n) is 6.23. The van der Waals surface area contributed by atoms with Crippen molar-refractivity contribution in [2.24, 2.45) is 10.7 Å². The van der Waals surface area contributed by atoms with Gasteiger partial charge in [0.2, 0.25) is 0 Å². The van der Waals surface area contributed by atoms with Crippen molar-refractivity contribution in [2.45, 2.75) is 18.9 Å². The van der Waals surface area contributed by atoms with Crippen LogP contribution >= 0.6 is 11.8 Å². The van der Waals surface area contributed by atoms with E-state index in [9.17, 15) is 4.79 Å². The number of amidine groups is 1. The number of carbonyl (C=O) groups excluding carboxylic acids is 1. The van der Waals surface area contributed by atoms with Crippen LogP contribution in [0.3, 0.4) is 0 Å². The van der Waals surface area contributed by atoms with Crippen LogP contribution in [0.25, 0.3) is 0 Å². The molecule has 5 heteroatoms. The van der Waals surface area contributed by atoms with Crippen LogP contribution in [0.2, 0.25) is 0 Å². The predicted molar refractivity (Wildman–Crippen MR) is 80.5 cm³/mol. The molecule has 1 aliphatic heterocycles. The molecule has 1 unspecified atom stereocenters. The Balaban J connectivity index is 2.28. The molecular formula is C14H19N3OS. The van der Waals surface area contributed by atoms with Crippen molar-refractivity contribution >= 4 is 22.8 Å². The third kappa shape index (κ3) is 2.92. The van der Waals surface area contributed by atoms with E-state index in [1.165, 1.54) is 0 Å². The Morgan fingerprint density at radius 1 is 1.37 bits per heavy atom. The zero-order valence-electron chi connectivity index (χ0n) is 11.5. The van der Waals surface area contributed by atoms with Crippen molar-refractivity contribution in [3.63, 3.8) is 0 Å². The molecule has 2 N–H and O–H groups in total. The number of amides is 1. The van der Waals surface area contributed by atoms with Crippen LogP contribution in [0.1, 0.15) is 29.3 Å². The normalized spacial score (nSPS) is 22.8. The van der Waals surface area contributed by atoms with Gasteiger partial charge in [-0.3, -0.25) is 9.79 Å². The van der Waals surface area contributed by atoms with E-state index >= 15 is 0 Å². The number of thioether (sulfide) groups is 1. The number of hydrogen-bond donors (Lipinski definition) is 1. The highest BCUT2D eigenvalue weighted by Crippen LogP contribution is 2.34. The summed E-state index contributed by atoms with van der Waals surface area (Å²) in [6.45, 7) is 2.09. The van der Waals surface area contributed by atoms with E-state index in [4.69, 9.17) is 5.73 Å². The zero-order chi connectivity index (χ0) is 14.0. The topological polar surface area (TPSA) is 58.7 Å². The summed E-state index contributed by atoms with van der Waals surface area (Å²) in [6, 6.07) is 7.67. The molecule has 1 aromatic carbocycles. The van der Waals surface area contributed by atoms with E-state index in [-0.39, 0.29) is 11.4 Å². The fourth-order valence-corrected chi connectivity index (χ4v) is 3.10. The van der Waals surface area contributed by atoms with Gasteiger partial charge < -0.3 is 10.6 Å². The molecule has 4 nitrogen and oxygen atoms in total. The summed E-state index contributed by atoms with van der Waals surface area (Å²) in [4.78, 5) is 18.0. The molecule has 1 aromatic rings. The molecule has 0 fully saturated rings. The Labute approximate surface area is 118 Å². The van der Waals surface area contributed by atoms with Crippen molar-refractivity contribution in [2.75, 3.05) is 19.8 Å². The summed E-state index contributed by atoms with van der Waals surface area (Å²) in [5, 5.41) is 0.641. The van der Waals surface area contributed by atoms with Crippen molar-refractivity contribution < 1.29 is 4.79 Å². The molecular weight excluding hydrogens is 258 g/mol. The second-order valence-electron chi connectivity index (χ2n) is 5.10. The summed E-state index contributed by atoms with van der Waals surface area (Å²) in [7, 11) is 3.50. The maximum absolute atomic E-state index is 11.8. The molecule has 1 heterocycles. The lowest BCUT2D eigenvalue weighted by Gasteiger charge is -2.29. The predicted octanol–water partition coefficient (Wildman–Crippen LogP) is 2.06. The van der Waals surface area contributed by atoms with Crippen LogP contribution in [0.5, 0.6) is 0 Å². The molecule has 19 heavy (non-hydrogen) atoms. The van der Waals surface area contributed by atoms with Crippen molar-refractivity contribution in [1.82, 2.24) is 4.90 Å². The van der Waals surface area contributed by atoms with Crippen molar-refractivity contribution in [3.8, 4) is 0 Å². The number of nitrogens with zero attached hydrogens (tertiary/aromatic N) is 2. The average molecular weight is 277 g/mol. The molecule has 0 saturated heterocycles. The molecule has 1 amide bonds. The van der Waals surface area contributed by atoms with E-state index in [0.29, 0.717) is 10.7 Å². The minimum absolute atomic E-state index is 0.0129. The summed E-state index contributed by atoms with van der Waals surface area (Å²) < 4.78 is 0. The maximum atomic E-state index is 11.8. The van der Waals surface area contributed by atoms with Crippen molar-refractivity contribution in [1.29, 1.82) is 0 Å². The molecule has 0 saturated carbocycles. The minimum atomic E-state index is -0.269. The van der Waals surface area contributed by atoms with Crippen LogP contribution in [0.15, 0.2) is 29.3 Å². The van der Waals surface area contributed by atoms with E-state index in [0.717, 1.165) is 17.7 Å². The second kappa shape index (κ2) is 5.25. The van der Waals surface area contributed by atoms with Crippen LogP contribution in [0.4, 0.5) is 0 Å². The third-order valence-corrected chi connectivity index (χ3v) is 4.15. The lowest BCUT2D eigenvalue weighted by molar-refractivity contribution is 0.0827. The van der Waals surface area contributed by atoms with Gasteiger partial charge in [0, 0.05) is 25.4 Å². The van der Waals surface area contributed by atoms with E-state index in [1.54, 1.807) is 30.8 Å². The average Bonchev–Trinajstić information content (AvgIpc) is 2.37. The minimum Gasteiger partial charge on any atom is -0.379 e. The lowest BCUT2D eigenvalue weighted by Crippen LogP contribution is -2.29. The van der Waals surface area contributed by atoms with Gasteiger partial charge in [0.05, 0.1) is 5.54 Å². The van der Waals surface area contributed by atoms with E-state index < -0.39 is 0 Å². The van der Waals surface area contributed by atoms with Gasteiger partial charge in [-0.15, -0.1) is 0 Å². The van der Waals surface area contributed by atoms with Gasteiger partial charge >= 0.3 is 0 Å². The molecule has 0 aliphatic carbocycles. The number of nitrogens with two attached hydrogens (primary N) is 1. The number of benzene rings is 1. The van der Waals surface area contributed by atoms with Gasteiger partial charge in [-0.2, -0.15) is 0 Å². The summed E-state index contributed by atoms with van der Waals surface area (Å²) in [6.07, 6.45) is 0.958. The number of rotatable bonds is 2. The number of hydrogen-bond acceptors (Lipinski definition) is 4. The van der Waals surface area contributed by atoms with Crippen LogP contribution in [-0.2, 0) is 5.54 Å². The van der Waals surface area contributed by atoms with E-state index in [2.05, 4.69) is 11.9 Å². The molecule has 0 bridgehead atoms. The summed E-state index contributed by atoms with van der Waals surface area (Å²) in [5.41, 5.74) is 7.35. The first-order valence-corrected chi connectivity index (χ1v) is 7.21. The van der Waals surface area contributed by atoms with E-state index in [1.807, 2.05) is 24.3 Å². The monoisotopic (exact) mass is 277 g/mol. The number of carbonyl (C=O) groups is 1. The Kier molecular flexibility index (Phi) is 3.85. The van der Waals surface area contributed by atoms with Gasteiger partial charge in [0.15, 0.2) is 5.17 Å². The highest BCUT2D eigenvalue weighted by atomic mass is 32.2. The largest absolute Gasteiger partial charge is 0.379 e. The fourth-order valence-electron chi connectivity index (χ4n) is 2.12. The molecule has 0 aromatic heterocycles. The summed E-state index contributed by atoms with van der Waals surface area (Å²) in [5.74, 6) is 0.989. The first kappa shape index (κ1) is 13.9.